The van der Waals surface area contributed by atoms with Gasteiger partial charge in [-0.05, 0) is 55.0 Å². The molecular weight excluding hydrogens is 370 g/mol. The molecule has 1 aromatic heterocycles. The summed E-state index contributed by atoms with van der Waals surface area (Å²) in [6, 6.07) is 7.80. The van der Waals surface area contributed by atoms with Crippen molar-refractivity contribution in [1.29, 1.82) is 0 Å². The first-order chi connectivity index (χ1) is 12.5. The van der Waals surface area contributed by atoms with Gasteiger partial charge in [-0.3, -0.25) is 0 Å². The number of hydrogen-bond donors (Lipinski definition) is 1. The Kier molecular flexibility index (Phi) is 6.50. The first kappa shape index (κ1) is 19.1. The Labute approximate surface area is 158 Å². The van der Waals surface area contributed by atoms with E-state index in [1.165, 1.54) is 5.56 Å². The average molecular weight is 394 g/mol. The van der Waals surface area contributed by atoms with Crippen molar-refractivity contribution in [2.75, 3.05) is 12.0 Å². The minimum atomic E-state index is -3.49. The van der Waals surface area contributed by atoms with Crippen LogP contribution in [0, 0.1) is 0 Å². The maximum Gasteiger partial charge on any atom is 0.306 e. The zero-order chi connectivity index (χ0) is 18.4. The largest absolute Gasteiger partial charge is 0.383 e. The molecule has 0 saturated carbocycles. The second-order valence-electron chi connectivity index (χ2n) is 6.36. The van der Waals surface area contributed by atoms with Crippen LogP contribution in [-0.2, 0) is 23.1 Å². The van der Waals surface area contributed by atoms with Gasteiger partial charge in [-0.15, -0.1) is 0 Å². The molecule has 0 saturated heterocycles. The predicted molar refractivity (Wildman–Crippen MR) is 103 cm³/mol. The molecule has 1 atom stereocenters. The van der Waals surface area contributed by atoms with Crippen LogP contribution in [0.2, 0.25) is 0 Å². The van der Waals surface area contributed by atoms with Gasteiger partial charge >= 0.3 is 10.1 Å². The molecule has 26 heavy (non-hydrogen) atoms. The monoisotopic (exact) mass is 393 g/mol. The normalized spacial score (nSPS) is 17.3. The lowest BCUT2D eigenvalue weighted by Crippen LogP contribution is -2.27. The molecule has 2 aromatic rings. The van der Waals surface area contributed by atoms with Gasteiger partial charge in [0.2, 0.25) is 0 Å². The third-order valence-electron chi connectivity index (χ3n) is 4.24. The van der Waals surface area contributed by atoms with E-state index in [-0.39, 0.29) is 0 Å². The quantitative estimate of drug-likeness (QED) is 0.335. The Morgan fingerprint density at radius 3 is 2.85 bits per heavy atom. The van der Waals surface area contributed by atoms with Gasteiger partial charge < -0.3 is 9.50 Å². The number of nitrogens with one attached hydrogen (secondary N) is 1. The van der Waals surface area contributed by atoms with Gasteiger partial charge in [0.15, 0.2) is 5.16 Å². The van der Waals surface area contributed by atoms with Crippen LogP contribution in [0.4, 0.5) is 0 Å². The van der Waals surface area contributed by atoms with Crippen LogP contribution >= 0.6 is 11.8 Å². The van der Waals surface area contributed by atoms with E-state index in [9.17, 15) is 8.42 Å². The summed E-state index contributed by atoms with van der Waals surface area (Å²) >= 11 is 1.69. The number of nitrogens with zero attached hydrogens (tertiary/aromatic N) is 2. The molecule has 0 bridgehead atoms. The topological polar surface area (TPSA) is 81.2 Å². The van der Waals surface area contributed by atoms with E-state index in [0.717, 1.165) is 55.0 Å². The molecule has 1 aliphatic heterocycles. The molecule has 0 radical (unpaired) electrons. The molecule has 1 aromatic carbocycles. The highest BCUT2D eigenvalue weighted by molar-refractivity contribution is 7.99. The van der Waals surface area contributed by atoms with Crippen LogP contribution in [0.15, 0.2) is 41.8 Å². The predicted octanol–water partition coefficient (Wildman–Crippen LogP) is 2.79. The van der Waals surface area contributed by atoms with E-state index in [0.29, 0.717) is 11.8 Å². The van der Waals surface area contributed by atoms with Crippen molar-refractivity contribution in [3.63, 3.8) is 0 Å². The Bertz CT molecular complexity index is 829. The highest BCUT2D eigenvalue weighted by atomic mass is 32.2. The van der Waals surface area contributed by atoms with E-state index in [2.05, 4.69) is 15.3 Å². The lowest BCUT2D eigenvalue weighted by atomic mass is 10.0. The number of aromatic nitrogens is 2. The summed E-state index contributed by atoms with van der Waals surface area (Å²) < 4.78 is 27.6. The number of aryl methyl sites for hydroxylation is 1. The summed E-state index contributed by atoms with van der Waals surface area (Å²) in [4.78, 5) is 8.44. The van der Waals surface area contributed by atoms with Gasteiger partial charge in [0.1, 0.15) is 5.75 Å². The minimum absolute atomic E-state index is 0.393. The Morgan fingerprint density at radius 2 is 2.08 bits per heavy atom. The smallest absolute Gasteiger partial charge is 0.306 e. The maximum absolute atomic E-state index is 11.3. The fourth-order valence-electron chi connectivity index (χ4n) is 3.02. The highest BCUT2D eigenvalue weighted by Gasteiger charge is 2.17. The van der Waals surface area contributed by atoms with E-state index >= 15 is 0 Å². The standard InChI is InChI=1S/C18H23N3O3S2/c1-26(22,23)24-17-8-6-15-13-21-16(7-5-14(15)12-17)4-2-11-25-18-19-9-3-10-20-18/h3,6,8-10,12,16,21H,2,4-5,7,11,13H2,1H3. The molecule has 6 nitrogen and oxygen atoms in total. The molecule has 3 rings (SSSR count). The summed E-state index contributed by atoms with van der Waals surface area (Å²) in [5.41, 5.74) is 2.37. The first-order valence-corrected chi connectivity index (χ1v) is 11.4. The summed E-state index contributed by atoms with van der Waals surface area (Å²) in [5.74, 6) is 1.39. The lowest BCUT2D eigenvalue weighted by Gasteiger charge is -2.15. The number of benzene rings is 1. The van der Waals surface area contributed by atoms with E-state index < -0.39 is 10.1 Å². The number of rotatable bonds is 7. The lowest BCUT2D eigenvalue weighted by molar-refractivity contribution is 0.462. The molecule has 0 amide bonds. The van der Waals surface area contributed by atoms with Crippen LogP contribution < -0.4 is 9.50 Å². The zero-order valence-electron chi connectivity index (χ0n) is 14.7. The summed E-state index contributed by atoms with van der Waals surface area (Å²) in [7, 11) is -3.49. The zero-order valence-corrected chi connectivity index (χ0v) is 16.4. The molecular formula is C18H23N3O3S2. The van der Waals surface area contributed by atoms with Crippen LogP contribution in [-0.4, -0.2) is 36.4 Å². The van der Waals surface area contributed by atoms with E-state index in [1.807, 2.05) is 18.2 Å². The van der Waals surface area contributed by atoms with Crippen molar-refractivity contribution in [3.8, 4) is 5.75 Å². The van der Waals surface area contributed by atoms with Crippen molar-refractivity contribution in [3.05, 3.63) is 47.8 Å². The molecule has 2 heterocycles. The molecule has 1 aliphatic rings. The molecule has 140 valence electrons. The fourth-order valence-corrected chi connectivity index (χ4v) is 4.24. The summed E-state index contributed by atoms with van der Waals surface area (Å²) in [6.07, 6.45) is 8.74. The van der Waals surface area contributed by atoms with E-state index in [1.54, 1.807) is 30.2 Å². The highest BCUT2D eigenvalue weighted by Crippen LogP contribution is 2.24. The van der Waals surface area contributed by atoms with Crippen LogP contribution in [0.3, 0.4) is 0 Å². The molecule has 1 N–H and O–H groups in total. The summed E-state index contributed by atoms with van der Waals surface area (Å²) in [6.45, 7) is 0.800. The Balaban J connectivity index is 1.48. The third kappa shape index (κ3) is 5.96. The molecule has 8 heteroatoms. The van der Waals surface area contributed by atoms with Gasteiger partial charge in [-0.25, -0.2) is 9.97 Å². The fraction of sp³-hybridized carbons (Fsp3) is 0.444. The van der Waals surface area contributed by atoms with Gasteiger partial charge in [-0.2, -0.15) is 8.42 Å². The van der Waals surface area contributed by atoms with Crippen molar-refractivity contribution in [1.82, 2.24) is 15.3 Å². The molecule has 1 unspecified atom stereocenters. The van der Waals surface area contributed by atoms with Gasteiger partial charge in [0.25, 0.3) is 0 Å². The number of thioether (sulfide) groups is 1. The number of hydrogen-bond acceptors (Lipinski definition) is 7. The first-order valence-electron chi connectivity index (χ1n) is 8.64. The van der Waals surface area contributed by atoms with Crippen LogP contribution in [0.5, 0.6) is 5.75 Å². The van der Waals surface area contributed by atoms with Crippen molar-refractivity contribution >= 4 is 21.9 Å². The average Bonchev–Trinajstić information content (AvgIpc) is 2.80. The van der Waals surface area contributed by atoms with Crippen molar-refractivity contribution in [2.24, 2.45) is 0 Å². The van der Waals surface area contributed by atoms with Crippen LogP contribution in [0.25, 0.3) is 0 Å². The maximum atomic E-state index is 11.3. The third-order valence-corrected chi connectivity index (χ3v) is 5.70. The van der Waals surface area contributed by atoms with Gasteiger partial charge in [0.05, 0.1) is 6.26 Å². The van der Waals surface area contributed by atoms with Gasteiger partial charge in [-0.1, -0.05) is 17.8 Å². The SMILES string of the molecule is CS(=O)(=O)Oc1ccc2c(c1)CCC(CCCSc1ncccn1)NC2. The van der Waals surface area contributed by atoms with Crippen molar-refractivity contribution < 1.29 is 12.6 Å². The van der Waals surface area contributed by atoms with E-state index in [4.69, 9.17) is 4.18 Å². The Morgan fingerprint density at radius 1 is 1.27 bits per heavy atom. The Hall–Kier alpha value is -1.64. The van der Waals surface area contributed by atoms with Crippen molar-refractivity contribution in [2.45, 2.75) is 43.4 Å². The number of fused-ring (bicyclic) bond motifs is 1. The second kappa shape index (κ2) is 8.83. The van der Waals surface area contributed by atoms with Gasteiger partial charge in [0, 0.05) is 30.7 Å². The minimum Gasteiger partial charge on any atom is -0.383 e. The second-order valence-corrected chi connectivity index (χ2v) is 8.99. The molecule has 0 aliphatic carbocycles. The molecule has 0 fully saturated rings. The molecule has 0 spiro atoms. The summed E-state index contributed by atoms with van der Waals surface area (Å²) in [5, 5.41) is 4.43. The van der Waals surface area contributed by atoms with Crippen LogP contribution in [0.1, 0.15) is 30.4 Å².